The zero-order valence-corrected chi connectivity index (χ0v) is 12.4. The van der Waals surface area contributed by atoms with Crippen LogP contribution in [0.15, 0.2) is 22.7 Å². The number of likely N-dealkylation sites (N-methyl/N-ethyl adjacent to an activating group) is 1. The molecular formula is C13H15BrFNO3. The highest BCUT2D eigenvalue weighted by atomic mass is 79.9. The first-order chi connectivity index (χ1) is 9.01. The lowest BCUT2D eigenvalue weighted by Crippen LogP contribution is -2.36. The number of rotatable bonds is 5. The van der Waals surface area contributed by atoms with Crippen LogP contribution in [0.4, 0.5) is 4.39 Å². The minimum Gasteiger partial charge on any atom is -0.465 e. The van der Waals surface area contributed by atoms with E-state index in [1.165, 1.54) is 17.0 Å². The van der Waals surface area contributed by atoms with Crippen LogP contribution >= 0.6 is 15.9 Å². The Balaban J connectivity index is 2.89. The number of ether oxygens (including phenoxy) is 1. The van der Waals surface area contributed by atoms with Crippen LogP contribution in [0.3, 0.4) is 0 Å². The van der Waals surface area contributed by atoms with E-state index in [0.717, 1.165) is 0 Å². The second kappa shape index (κ2) is 7.23. The van der Waals surface area contributed by atoms with Gasteiger partial charge in [-0.3, -0.25) is 9.59 Å². The fourth-order valence-electron chi connectivity index (χ4n) is 1.53. The molecule has 0 aliphatic rings. The molecule has 1 aromatic carbocycles. The van der Waals surface area contributed by atoms with E-state index >= 15 is 0 Å². The van der Waals surface area contributed by atoms with Gasteiger partial charge in [0.2, 0.25) is 0 Å². The molecule has 104 valence electrons. The molecule has 0 atom stereocenters. The molecule has 0 unspecified atom stereocenters. The van der Waals surface area contributed by atoms with Crippen molar-refractivity contribution in [3.05, 3.63) is 34.1 Å². The van der Waals surface area contributed by atoms with Crippen molar-refractivity contribution < 1.29 is 18.7 Å². The van der Waals surface area contributed by atoms with Crippen LogP contribution in [0.2, 0.25) is 0 Å². The molecule has 1 rings (SSSR count). The van der Waals surface area contributed by atoms with Gasteiger partial charge in [-0.05, 0) is 41.9 Å². The molecule has 6 heteroatoms. The number of hydrogen-bond acceptors (Lipinski definition) is 3. The topological polar surface area (TPSA) is 46.6 Å². The molecule has 0 radical (unpaired) electrons. The second-order valence-electron chi connectivity index (χ2n) is 3.73. The van der Waals surface area contributed by atoms with Gasteiger partial charge in [0.15, 0.2) is 0 Å². The number of carbonyl (C=O) groups excluding carboxylic acids is 2. The van der Waals surface area contributed by atoms with Gasteiger partial charge in [0.25, 0.3) is 5.91 Å². The molecule has 19 heavy (non-hydrogen) atoms. The summed E-state index contributed by atoms with van der Waals surface area (Å²) in [4.78, 5) is 24.8. The van der Waals surface area contributed by atoms with E-state index in [1.807, 2.05) is 0 Å². The highest BCUT2D eigenvalue weighted by Gasteiger charge is 2.21. The van der Waals surface area contributed by atoms with E-state index in [1.54, 1.807) is 19.9 Å². The van der Waals surface area contributed by atoms with E-state index in [-0.39, 0.29) is 23.2 Å². The maximum Gasteiger partial charge on any atom is 0.325 e. The van der Waals surface area contributed by atoms with Crippen LogP contribution in [0.1, 0.15) is 24.2 Å². The number of esters is 1. The molecule has 0 fully saturated rings. The molecular weight excluding hydrogens is 317 g/mol. The molecule has 0 bridgehead atoms. The lowest BCUT2D eigenvalue weighted by molar-refractivity contribution is -0.143. The summed E-state index contributed by atoms with van der Waals surface area (Å²) in [5, 5.41) is 0. The molecule has 0 spiro atoms. The largest absolute Gasteiger partial charge is 0.465 e. The molecule has 0 heterocycles. The molecule has 0 aliphatic heterocycles. The summed E-state index contributed by atoms with van der Waals surface area (Å²) in [6.45, 7) is 3.76. The van der Waals surface area contributed by atoms with Crippen molar-refractivity contribution >= 4 is 27.8 Å². The average Bonchev–Trinajstić information content (AvgIpc) is 2.39. The number of halogens is 2. The molecule has 1 aromatic rings. The summed E-state index contributed by atoms with van der Waals surface area (Å²) >= 11 is 3.02. The maximum absolute atomic E-state index is 13.8. The van der Waals surface area contributed by atoms with Gasteiger partial charge in [-0.2, -0.15) is 0 Å². The number of amides is 1. The van der Waals surface area contributed by atoms with Crippen LogP contribution in [0.25, 0.3) is 0 Å². The van der Waals surface area contributed by atoms with Crippen molar-refractivity contribution in [1.82, 2.24) is 4.90 Å². The first-order valence-corrected chi connectivity index (χ1v) is 6.69. The molecule has 1 amide bonds. The van der Waals surface area contributed by atoms with Gasteiger partial charge in [-0.25, -0.2) is 4.39 Å². The van der Waals surface area contributed by atoms with Crippen molar-refractivity contribution in [2.45, 2.75) is 13.8 Å². The minimum absolute atomic E-state index is 0.0690. The van der Waals surface area contributed by atoms with Gasteiger partial charge in [0.1, 0.15) is 12.4 Å². The Labute approximate surface area is 119 Å². The molecule has 0 aliphatic carbocycles. The summed E-state index contributed by atoms with van der Waals surface area (Å²) in [6, 6.07) is 4.46. The lowest BCUT2D eigenvalue weighted by Gasteiger charge is -2.20. The minimum atomic E-state index is -0.630. The first-order valence-electron chi connectivity index (χ1n) is 5.90. The van der Waals surface area contributed by atoms with Crippen molar-refractivity contribution in [1.29, 1.82) is 0 Å². The molecule has 4 nitrogen and oxygen atoms in total. The molecule has 0 saturated heterocycles. The average molecular weight is 332 g/mol. The summed E-state index contributed by atoms with van der Waals surface area (Å²) < 4.78 is 18.8. The Kier molecular flexibility index (Phi) is 5.95. The second-order valence-corrected chi connectivity index (χ2v) is 4.58. The first kappa shape index (κ1) is 15.6. The standard InChI is InChI=1S/C13H15BrFNO3/c1-3-16(8-11(17)19-4-2)13(18)9-6-5-7-10(14)12(9)15/h5-7H,3-4,8H2,1-2H3. The predicted octanol–water partition coefficient (Wildman–Crippen LogP) is 2.61. The van der Waals surface area contributed by atoms with Crippen molar-refractivity contribution in [3.63, 3.8) is 0 Å². The highest BCUT2D eigenvalue weighted by Crippen LogP contribution is 2.19. The van der Waals surface area contributed by atoms with Crippen LogP contribution in [0, 0.1) is 5.82 Å². The quantitative estimate of drug-likeness (QED) is 0.779. The summed E-state index contributed by atoms with van der Waals surface area (Å²) in [5.74, 6) is -1.67. The van der Waals surface area contributed by atoms with Crippen LogP contribution in [-0.2, 0) is 9.53 Å². The zero-order chi connectivity index (χ0) is 14.4. The van der Waals surface area contributed by atoms with Crippen LogP contribution in [-0.4, -0.2) is 36.5 Å². The van der Waals surface area contributed by atoms with Gasteiger partial charge in [0, 0.05) is 6.54 Å². The van der Waals surface area contributed by atoms with Gasteiger partial charge in [-0.15, -0.1) is 0 Å². The highest BCUT2D eigenvalue weighted by molar-refractivity contribution is 9.10. The Morgan fingerprint density at radius 2 is 2.05 bits per heavy atom. The predicted molar refractivity (Wildman–Crippen MR) is 72.3 cm³/mol. The summed E-state index contributed by atoms with van der Waals surface area (Å²) in [5.41, 5.74) is -0.0690. The van der Waals surface area contributed by atoms with E-state index in [2.05, 4.69) is 15.9 Å². The fourth-order valence-corrected chi connectivity index (χ4v) is 1.90. The number of nitrogens with zero attached hydrogens (tertiary/aromatic N) is 1. The third-order valence-electron chi connectivity index (χ3n) is 2.48. The van der Waals surface area contributed by atoms with E-state index in [9.17, 15) is 14.0 Å². The van der Waals surface area contributed by atoms with Gasteiger partial charge in [0.05, 0.1) is 16.6 Å². The SMILES string of the molecule is CCOC(=O)CN(CC)C(=O)c1cccc(Br)c1F. The van der Waals surface area contributed by atoms with E-state index < -0.39 is 17.7 Å². The van der Waals surface area contributed by atoms with Crippen molar-refractivity contribution in [2.75, 3.05) is 19.7 Å². The third kappa shape index (κ3) is 4.02. The number of hydrogen-bond donors (Lipinski definition) is 0. The Bertz CT molecular complexity index is 479. The van der Waals surface area contributed by atoms with Gasteiger partial charge in [-0.1, -0.05) is 6.07 Å². The van der Waals surface area contributed by atoms with Gasteiger partial charge >= 0.3 is 5.97 Å². The van der Waals surface area contributed by atoms with E-state index in [0.29, 0.717) is 6.54 Å². The van der Waals surface area contributed by atoms with Crippen LogP contribution in [0.5, 0.6) is 0 Å². The Morgan fingerprint density at radius 1 is 1.37 bits per heavy atom. The Hall–Kier alpha value is -1.43. The summed E-state index contributed by atoms with van der Waals surface area (Å²) in [7, 11) is 0. The van der Waals surface area contributed by atoms with E-state index in [4.69, 9.17) is 4.74 Å². The van der Waals surface area contributed by atoms with Gasteiger partial charge < -0.3 is 9.64 Å². The Morgan fingerprint density at radius 3 is 2.63 bits per heavy atom. The summed E-state index contributed by atoms with van der Waals surface area (Å²) in [6.07, 6.45) is 0. The molecule has 0 aromatic heterocycles. The maximum atomic E-state index is 13.8. The number of carbonyl (C=O) groups is 2. The zero-order valence-electron chi connectivity index (χ0n) is 10.8. The smallest absolute Gasteiger partial charge is 0.325 e. The van der Waals surface area contributed by atoms with Crippen LogP contribution < -0.4 is 0 Å². The normalized spacial score (nSPS) is 10.1. The number of benzene rings is 1. The fraction of sp³-hybridized carbons (Fsp3) is 0.385. The lowest BCUT2D eigenvalue weighted by atomic mass is 10.2. The third-order valence-corrected chi connectivity index (χ3v) is 3.09. The molecule has 0 N–H and O–H groups in total. The van der Waals surface area contributed by atoms with Crippen molar-refractivity contribution in [3.8, 4) is 0 Å². The monoisotopic (exact) mass is 331 g/mol. The van der Waals surface area contributed by atoms with Crippen molar-refractivity contribution in [2.24, 2.45) is 0 Å². The molecule has 0 saturated carbocycles.